The minimum atomic E-state index is 0.918. The second kappa shape index (κ2) is 9.59. The smallest absolute Gasteiger partial charge is 0.144 e. The van der Waals surface area contributed by atoms with Crippen LogP contribution in [0, 0.1) is 0 Å². The number of rotatable bonds is 4. The number of para-hydroxylation sites is 2. The predicted molar refractivity (Wildman–Crippen MR) is 184 cm³/mol. The molecule has 0 aliphatic heterocycles. The first kappa shape index (κ1) is 24.2. The van der Waals surface area contributed by atoms with Crippen LogP contribution in [0.5, 0.6) is 0 Å². The number of hydrogen-bond acceptors (Lipinski definition) is 3. The van der Waals surface area contributed by atoms with Crippen LogP contribution >= 0.6 is 11.3 Å². The largest absolute Gasteiger partial charge is 0.455 e. The van der Waals surface area contributed by atoms with Crippen LogP contribution in [0.1, 0.15) is 0 Å². The summed E-state index contributed by atoms with van der Waals surface area (Å²) in [6, 6.07) is 54.1. The quantitative estimate of drug-likeness (QED) is 0.210. The number of hydrogen-bond donors (Lipinski definition) is 0. The molecule has 0 unspecified atom stereocenters. The summed E-state index contributed by atoms with van der Waals surface area (Å²) < 4.78 is 9.23. The summed E-state index contributed by atoms with van der Waals surface area (Å²) >= 11 is 1.85. The maximum Gasteiger partial charge on any atom is 0.144 e. The molecule has 0 amide bonds. The zero-order valence-corrected chi connectivity index (χ0v) is 24.0. The molecule has 0 radical (unpaired) electrons. The third kappa shape index (κ3) is 3.86. The minimum Gasteiger partial charge on any atom is -0.455 e. The molecule has 0 aliphatic rings. The van der Waals surface area contributed by atoms with E-state index in [2.05, 4.69) is 157 Å². The van der Waals surface area contributed by atoms with Crippen molar-refractivity contribution in [2.45, 2.75) is 0 Å². The Balaban J connectivity index is 1.31. The predicted octanol–water partition coefficient (Wildman–Crippen LogP) is 12.2. The van der Waals surface area contributed by atoms with Gasteiger partial charge in [0, 0.05) is 53.6 Å². The summed E-state index contributed by atoms with van der Waals surface area (Å²) in [6.07, 6.45) is 0. The monoisotopic (exact) mass is 567 g/mol. The molecule has 2 aromatic heterocycles. The van der Waals surface area contributed by atoms with E-state index in [1.54, 1.807) is 0 Å². The second-order valence-electron chi connectivity index (χ2n) is 11.0. The normalized spacial score (nSPS) is 11.7. The molecule has 0 spiro atoms. The average Bonchev–Trinajstić information content (AvgIpc) is 3.64. The van der Waals surface area contributed by atoms with Gasteiger partial charge in [-0.15, -0.1) is 11.3 Å². The lowest BCUT2D eigenvalue weighted by Gasteiger charge is -2.26. The Hall–Kier alpha value is -5.38. The highest BCUT2D eigenvalue weighted by atomic mass is 32.1. The van der Waals surface area contributed by atoms with Crippen molar-refractivity contribution >= 4 is 81.3 Å². The van der Waals surface area contributed by atoms with Gasteiger partial charge in [0.15, 0.2) is 0 Å². The van der Waals surface area contributed by atoms with Crippen molar-refractivity contribution in [2.24, 2.45) is 0 Å². The van der Waals surface area contributed by atoms with E-state index >= 15 is 0 Å². The number of benzene rings is 7. The van der Waals surface area contributed by atoms with Crippen molar-refractivity contribution in [2.75, 3.05) is 4.90 Å². The lowest BCUT2D eigenvalue weighted by atomic mass is 9.98. The fourth-order valence-electron chi connectivity index (χ4n) is 6.43. The molecule has 2 nitrogen and oxygen atoms in total. The van der Waals surface area contributed by atoms with Crippen molar-refractivity contribution in [1.82, 2.24) is 0 Å². The summed E-state index contributed by atoms with van der Waals surface area (Å²) in [7, 11) is 0. The molecule has 9 aromatic rings. The average molecular weight is 568 g/mol. The summed E-state index contributed by atoms with van der Waals surface area (Å²) in [5.41, 5.74) is 7.42. The third-order valence-electron chi connectivity index (χ3n) is 8.41. The van der Waals surface area contributed by atoms with E-state index in [4.69, 9.17) is 4.42 Å². The molecule has 0 saturated carbocycles. The first-order valence-electron chi connectivity index (χ1n) is 14.5. The zero-order chi connectivity index (χ0) is 28.3. The maximum absolute atomic E-state index is 6.65. The van der Waals surface area contributed by atoms with Gasteiger partial charge in [0.25, 0.3) is 0 Å². The fraction of sp³-hybridized carbons (Fsp3) is 0. The summed E-state index contributed by atoms with van der Waals surface area (Å²) in [5.74, 6) is 0. The van der Waals surface area contributed by atoms with E-state index in [0.29, 0.717) is 0 Å². The third-order valence-corrected chi connectivity index (χ3v) is 9.61. The second-order valence-corrected chi connectivity index (χ2v) is 12.0. The van der Waals surface area contributed by atoms with Crippen molar-refractivity contribution in [3.63, 3.8) is 0 Å². The lowest BCUT2D eigenvalue weighted by molar-refractivity contribution is 0.670. The molecule has 7 aromatic carbocycles. The van der Waals surface area contributed by atoms with Gasteiger partial charge in [0.05, 0.1) is 0 Å². The Morgan fingerprint density at radius 2 is 1.21 bits per heavy atom. The van der Waals surface area contributed by atoms with Crippen LogP contribution in [0.3, 0.4) is 0 Å². The van der Waals surface area contributed by atoms with Crippen molar-refractivity contribution in [3.05, 3.63) is 152 Å². The van der Waals surface area contributed by atoms with E-state index in [1.165, 1.54) is 36.3 Å². The van der Waals surface area contributed by atoms with Crippen molar-refractivity contribution in [1.29, 1.82) is 0 Å². The van der Waals surface area contributed by atoms with Gasteiger partial charge in [-0.25, -0.2) is 0 Å². The Morgan fingerprint density at radius 1 is 0.488 bits per heavy atom. The highest BCUT2D eigenvalue weighted by Gasteiger charge is 2.20. The highest BCUT2D eigenvalue weighted by Crippen LogP contribution is 2.47. The summed E-state index contributed by atoms with van der Waals surface area (Å²) in [5, 5.41) is 7.37. The summed E-state index contributed by atoms with van der Waals surface area (Å²) in [6.45, 7) is 0. The number of furan rings is 1. The molecule has 2 heterocycles. The molecule has 0 aliphatic carbocycles. The zero-order valence-electron chi connectivity index (χ0n) is 23.2. The van der Waals surface area contributed by atoms with Crippen LogP contribution in [0.4, 0.5) is 17.1 Å². The Morgan fingerprint density at radius 3 is 2.12 bits per heavy atom. The highest BCUT2D eigenvalue weighted by molar-refractivity contribution is 7.26. The van der Waals surface area contributed by atoms with Crippen LogP contribution in [0.15, 0.2) is 156 Å². The van der Waals surface area contributed by atoms with Crippen LogP contribution in [0.2, 0.25) is 0 Å². The SMILES string of the molecule is c1ccc(N(c2cccc(-c3cc4c5ccccc5sc4c4c3oc3ccccc34)c2)c2ccc3ccccc3c2)cc1. The van der Waals surface area contributed by atoms with Gasteiger partial charge < -0.3 is 9.32 Å². The molecule has 43 heavy (non-hydrogen) atoms. The fourth-order valence-corrected chi connectivity index (χ4v) is 7.67. The topological polar surface area (TPSA) is 16.4 Å². The Kier molecular flexibility index (Phi) is 5.40. The molecule has 0 N–H and O–H groups in total. The van der Waals surface area contributed by atoms with E-state index in [1.807, 2.05) is 11.3 Å². The molecule has 0 fully saturated rings. The van der Waals surface area contributed by atoms with Gasteiger partial charge in [-0.1, -0.05) is 97.1 Å². The van der Waals surface area contributed by atoms with Gasteiger partial charge >= 0.3 is 0 Å². The molecule has 9 rings (SSSR count). The maximum atomic E-state index is 6.65. The van der Waals surface area contributed by atoms with Crippen LogP contribution < -0.4 is 4.90 Å². The van der Waals surface area contributed by atoms with Crippen LogP contribution in [0.25, 0.3) is 64.0 Å². The van der Waals surface area contributed by atoms with Gasteiger partial charge in [0.2, 0.25) is 0 Å². The molecule has 3 heteroatoms. The molecule has 202 valence electrons. The number of fused-ring (bicyclic) bond motifs is 8. The lowest BCUT2D eigenvalue weighted by Crippen LogP contribution is -2.09. The Bertz CT molecular complexity index is 2470. The van der Waals surface area contributed by atoms with Gasteiger partial charge in [-0.3, -0.25) is 0 Å². The molecular formula is C40H25NOS. The van der Waals surface area contributed by atoms with E-state index < -0.39 is 0 Å². The molecule has 0 bridgehead atoms. The van der Waals surface area contributed by atoms with E-state index in [0.717, 1.165) is 44.7 Å². The standard InChI is InChI=1S/C40H25NOS/c1-2-14-29(15-3-1)41(31-22-21-26-11-4-5-12-27(26)23-31)30-16-10-13-28(24-30)34-25-35-32-17-7-9-20-37(32)43-40(35)38-33-18-6-8-19-36(33)42-39(34)38/h1-25H. The first-order chi connectivity index (χ1) is 21.3. The first-order valence-corrected chi connectivity index (χ1v) is 15.3. The van der Waals surface area contributed by atoms with Crippen molar-refractivity contribution in [3.8, 4) is 11.1 Å². The number of anilines is 3. The minimum absolute atomic E-state index is 0.918. The molecule has 0 saturated heterocycles. The van der Waals surface area contributed by atoms with Gasteiger partial charge in [0.1, 0.15) is 11.2 Å². The van der Waals surface area contributed by atoms with Crippen LogP contribution in [-0.2, 0) is 0 Å². The Labute approximate surface area is 252 Å². The van der Waals surface area contributed by atoms with E-state index in [-0.39, 0.29) is 0 Å². The number of nitrogens with zero attached hydrogens (tertiary/aromatic N) is 1. The number of thiophene rings is 1. The van der Waals surface area contributed by atoms with Gasteiger partial charge in [-0.2, -0.15) is 0 Å². The molecule has 0 atom stereocenters. The summed E-state index contributed by atoms with van der Waals surface area (Å²) in [4.78, 5) is 2.34. The van der Waals surface area contributed by atoms with E-state index in [9.17, 15) is 0 Å². The molecular weight excluding hydrogens is 543 g/mol. The van der Waals surface area contributed by atoms with Crippen LogP contribution in [-0.4, -0.2) is 0 Å². The van der Waals surface area contributed by atoms with Crippen molar-refractivity contribution < 1.29 is 4.42 Å². The van der Waals surface area contributed by atoms with Gasteiger partial charge in [-0.05, 0) is 70.9 Å².